The summed E-state index contributed by atoms with van der Waals surface area (Å²) < 4.78 is 0. The van der Waals surface area contributed by atoms with E-state index in [2.05, 4.69) is 20.9 Å². The zero-order valence-corrected chi connectivity index (χ0v) is 13.1. The molecule has 1 unspecified atom stereocenters. The predicted octanol–water partition coefficient (Wildman–Crippen LogP) is 1.47. The maximum absolute atomic E-state index is 12.2. The summed E-state index contributed by atoms with van der Waals surface area (Å²) in [5, 5.41) is 8.53. The van der Waals surface area contributed by atoms with Crippen LogP contribution in [0, 0.1) is 6.92 Å². The van der Waals surface area contributed by atoms with E-state index in [1.165, 1.54) is 0 Å². The number of carbonyl (C=O) groups is 2. The van der Waals surface area contributed by atoms with E-state index in [-0.39, 0.29) is 11.8 Å². The molecule has 1 rings (SSSR count). The molecule has 0 saturated carbocycles. The molecular formula is C15H24N4O2. The largest absolute Gasteiger partial charge is 0.370 e. The van der Waals surface area contributed by atoms with Crippen molar-refractivity contribution in [2.75, 3.05) is 18.4 Å². The van der Waals surface area contributed by atoms with Crippen LogP contribution in [0.5, 0.6) is 0 Å². The van der Waals surface area contributed by atoms with Crippen LogP contribution in [0.4, 0.5) is 5.82 Å². The molecule has 3 N–H and O–H groups in total. The van der Waals surface area contributed by atoms with Gasteiger partial charge in [-0.2, -0.15) is 0 Å². The van der Waals surface area contributed by atoms with Gasteiger partial charge in [-0.3, -0.25) is 9.59 Å². The molecule has 2 amide bonds. The van der Waals surface area contributed by atoms with Crippen LogP contribution in [-0.2, 0) is 4.79 Å². The van der Waals surface area contributed by atoms with E-state index in [1.807, 2.05) is 20.8 Å². The van der Waals surface area contributed by atoms with Gasteiger partial charge in [0.15, 0.2) is 0 Å². The molecule has 0 aliphatic rings. The van der Waals surface area contributed by atoms with Crippen molar-refractivity contribution in [3.63, 3.8) is 0 Å². The van der Waals surface area contributed by atoms with Crippen LogP contribution >= 0.6 is 0 Å². The fourth-order valence-corrected chi connectivity index (χ4v) is 1.82. The smallest absolute Gasteiger partial charge is 0.252 e. The maximum Gasteiger partial charge on any atom is 0.252 e. The average Bonchev–Trinajstić information content (AvgIpc) is 2.44. The molecule has 1 atom stereocenters. The standard InChI is InChI=1S/C15H24N4O2/c1-5-7-17-14(20)11(4)19-15(21)12-8-10(3)18-13(9-12)16-6-2/h8-9,11H,5-7H2,1-4H3,(H,16,18)(H,17,20)(H,19,21). The zero-order valence-electron chi connectivity index (χ0n) is 13.1. The summed E-state index contributed by atoms with van der Waals surface area (Å²) in [5.74, 6) is 0.201. The summed E-state index contributed by atoms with van der Waals surface area (Å²) >= 11 is 0. The van der Waals surface area contributed by atoms with Crippen molar-refractivity contribution in [1.82, 2.24) is 15.6 Å². The van der Waals surface area contributed by atoms with Crippen LogP contribution in [0.3, 0.4) is 0 Å². The van der Waals surface area contributed by atoms with Crippen LogP contribution in [0.15, 0.2) is 12.1 Å². The Bertz CT molecular complexity index is 502. The molecular weight excluding hydrogens is 268 g/mol. The highest BCUT2D eigenvalue weighted by atomic mass is 16.2. The molecule has 0 spiro atoms. The highest BCUT2D eigenvalue weighted by Gasteiger charge is 2.16. The Balaban J connectivity index is 2.72. The molecule has 116 valence electrons. The molecule has 0 aliphatic carbocycles. The van der Waals surface area contributed by atoms with E-state index in [4.69, 9.17) is 0 Å². The molecule has 0 bridgehead atoms. The number of nitrogens with zero attached hydrogens (tertiary/aromatic N) is 1. The Morgan fingerprint density at radius 1 is 1.29 bits per heavy atom. The van der Waals surface area contributed by atoms with Gasteiger partial charge < -0.3 is 16.0 Å². The first kappa shape index (κ1) is 16.9. The summed E-state index contributed by atoms with van der Waals surface area (Å²) in [6.07, 6.45) is 0.863. The molecule has 1 aromatic heterocycles. The van der Waals surface area contributed by atoms with E-state index in [1.54, 1.807) is 19.1 Å². The minimum atomic E-state index is -0.569. The normalized spacial score (nSPS) is 11.6. The number of aromatic nitrogens is 1. The molecule has 0 aliphatic heterocycles. The van der Waals surface area contributed by atoms with E-state index in [9.17, 15) is 9.59 Å². The molecule has 0 radical (unpaired) electrons. The van der Waals surface area contributed by atoms with Crippen LogP contribution < -0.4 is 16.0 Å². The fourth-order valence-electron chi connectivity index (χ4n) is 1.82. The number of hydrogen-bond donors (Lipinski definition) is 3. The monoisotopic (exact) mass is 292 g/mol. The Morgan fingerprint density at radius 3 is 2.62 bits per heavy atom. The number of carbonyl (C=O) groups excluding carboxylic acids is 2. The number of nitrogens with one attached hydrogen (secondary N) is 3. The van der Waals surface area contributed by atoms with Gasteiger partial charge in [0.1, 0.15) is 11.9 Å². The molecule has 0 aromatic carbocycles. The minimum Gasteiger partial charge on any atom is -0.370 e. The van der Waals surface area contributed by atoms with Gasteiger partial charge in [-0.15, -0.1) is 0 Å². The first-order chi connectivity index (χ1) is 9.97. The summed E-state index contributed by atoms with van der Waals surface area (Å²) in [6.45, 7) is 8.78. The summed E-state index contributed by atoms with van der Waals surface area (Å²) in [6, 6.07) is 2.81. The average molecular weight is 292 g/mol. The van der Waals surface area contributed by atoms with E-state index in [0.717, 1.165) is 18.7 Å². The highest BCUT2D eigenvalue weighted by Crippen LogP contribution is 2.10. The Morgan fingerprint density at radius 2 is 2.00 bits per heavy atom. The lowest BCUT2D eigenvalue weighted by Gasteiger charge is -2.14. The molecule has 1 aromatic rings. The maximum atomic E-state index is 12.2. The van der Waals surface area contributed by atoms with Crippen molar-refractivity contribution >= 4 is 17.6 Å². The van der Waals surface area contributed by atoms with Crippen LogP contribution in [0.25, 0.3) is 0 Å². The molecule has 6 nitrogen and oxygen atoms in total. The third kappa shape index (κ3) is 5.41. The lowest BCUT2D eigenvalue weighted by Crippen LogP contribution is -2.45. The van der Waals surface area contributed by atoms with E-state index >= 15 is 0 Å². The fraction of sp³-hybridized carbons (Fsp3) is 0.533. The number of hydrogen-bond acceptors (Lipinski definition) is 4. The van der Waals surface area contributed by atoms with Gasteiger partial charge in [0.25, 0.3) is 5.91 Å². The van der Waals surface area contributed by atoms with Gasteiger partial charge in [-0.1, -0.05) is 6.92 Å². The quantitative estimate of drug-likeness (QED) is 0.710. The Labute approximate surface area is 125 Å². The number of amides is 2. The van der Waals surface area contributed by atoms with Crippen molar-refractivity contribution in [2.45, 2.75) is 40.2 Å². The SMILES string of the molecule is CCCNC(=O)C(C)NC(=O)c1cc(C)nc(NCC)c1. The lowest BCUT2D eigenvalue weighted by molar-refractivity contribution is -0.122. The number of aryl methyl sites for hydroxylation is 1. The van der Waals surface area contributed by atoms with Crippen LogP contribution in [-0.4, -0.2) is 35.9 Å². The first-order valence-electron chi connectivity index (χ1n) is 7.29. The van der Waals surface area contributed by atoms with Crippen molar-refractivity contribution < 1.29 is 9.59 Å². The highest BCUT2D eigenvalue weighted by molar-refractivity contribution is 5.98. The second kappa shape index (κ2) is 8.24. The summed E-state index contributed by atoms with van der Waals surface area (Å²) in [5.41, 5.74) is 1.25. The second-order valence-corrected chi connectivity index (χ2v) is 4.90. The molecule has 0 saturated heterocycles. The van der Waals surface area contributed by atoms with Gasteiger partial charge in [-0.05, 0) is 39.3 Å². The third-order valence-corrected chi connectivity index (χ3v) is 2.86. The minimum absolute atomic E-state index is 0.178. The van der Waals surface area contributed by atoms with Crippen molar-refractivity contribution in [3.8, 4) is 0 Å². The zero-order chi connectivity index (χ0) is 15.8. The van der Waals surface area contributed by atoms with Gasteiger partial charge in [0.2, 0.25) is 5.91 Å². The van der Waals surface area contributed by atoms with E-state index in [0.29, 0.717) is 17.9 Å². The molecule has 0 fully saturated rings. The molecule has 6 heteroatoms. The lowest BCUT2D eigenvalue weighted by atomic mass is 10.2. The Kier molecular flexibility index (Phi) is 6.65. The van der Waals surface area contributed by atoms with Gasteiger partial charge in [0, 0.05) is 24.3 Å². The summed E-state index contributed by atoms with van der Waals surface area (Å²) in [4.78, 5) is 28.2. The predicted molar refractivity (Wildman–Crippen MR) is 83.4 cm³/mol. The van der Waals surface area contributed by atoms with Crippen LogP contribution in [0.2, 0.25) is 0 Å². The number of pyridine rings is 1. The van der Waals surface area contributed by atoms with Crippen molar-refractivity contribution in [2.24, 2.45) is 0 Å². The topological polar surface area (TPSA) is 83.1 Å². The third-order valence-electron chi connectivity index (χ3n) is 2.86. The Hall–Kier alpha value is -2.11. The molecule has 21 heavy (non-hydrogen) atoms. The van der Waals surface area contributed by atoms with E-state index < -0.39 is 6.04 Å². The number of anilines is 1. The second-order valence-electron chi connectivity index (χ2n) is 4.90. The van der Waals surface area contributed by atoms with Gasteiger partial charge >= 0.3 is 0 Å². The van der Waals surface area contributed by atoms with Crippen LogP contribution in [0.1, 0.15) is 43.2 Å². The first-order valence-corrected chi connectivity index (χ1v) is 7.29. The van der Waals surface area contributed by atoms with Crippen molar-refractivity contribution in [1.29, 1.82) is 0 Å². The summed E-state index contributed by atoms with van der Waals surface area (Å²) in [7, 11) is 0. The van der Waals surface area contributed by atoms with Gasteiger partial charge in [-0.25, -0.2) is 4.98 Å². The number of rotatable bonds is 7. The van der Waals surface area contributed by atoms with Gasteiger partial charge in [0.05, 0.1) is 0 Å². The van der Waals surface area contributed by atoms with Crippen molar-refractivity contribution in [3.05, 3.63) is 23.4 Å². The molecule has 1 heterocycles.